The molecule has 1 N–H and O–H groups in total. The van der Waals surface area contributed by atoms with Gasteiger partial charge < -0.3 is 14.8 Å². The topological polar surface area (TPSA) is 88.4 Å². The smallest absolute Gasteiger partial charge is 0.341 e. The van der Waals surface area contributed by atoms with Crippen LogP contribution in [0.25, 0.3) is 17.2 Å². The van der Waals surface area contributed by atoms with Crippen LogP contribution >= 0.6 is 11.3 Å². The van der Waals surface area contributed by atoms with Crippen LogP contribution in [0.4, 0.5) is 5.00 Å². The Labute approximate surface area is 190 Å². The van der Waals surface area contributed by atoms with E-state index in [1.54, 1.807) is 12.1 Å². The van der Waals surface area contributed by atoms with Crippen molar-refractivity contribution < 1.29 is 19.1 Å². The maximum atomic E-state index is 12.8. The van der Waals surface area contributed by atoms with Crippen LogP contribution < -0.4 is 10.1 Å². The Balaban J connectivity index is 1.99. The summed E-state index contributed by atoms with van der Waals surface area (Å²) < 4.78 is 10.5. The first kappa shape index (κ1) is 22.8. The number of nitrogens with zero attached hydrogens (tertiary/aromatic N) is 1. The molecule has 0 aliphatic carbocycles. The number of aryl methyl sites for hydroxylation is 1. The fourth-order valence-corrected chi connectivity index (χ4v) is 4.26. The molecule has 1 amide bonds. The molecular weight excluding hydrogens is 424 g/mol. The number of nitrogens with one attached hydrogen (secondary N) is 1. The standard InChI is InChI=1S/C25H22N2O4S/c1-4-31-20-12-10-18(11-13-20)21-16(2)32-24(22(21)25(29)30-3)27-23(28)19(15-26)14-17-8-6-5-7-9-17/h5-14H,4H2,1-3H3,(H,27,28)/b19-14+. The van der Waals surface area contributed by atoms with Gasteiger partial charge in [-0.1, -0.05) is 42.5 Å². The van der Waals surface area contributed by atoms with Crippen LogP contribution in [-0.4, -0.2) is 25.6 Å². The van der Waals surface area contributed by atoms with Gasteiger partial charge in [0.1, 0.15) is 28.0 Å². The minimum atomic E-state index is -0.596. The molecule has 1 heterocycles. The van der Waals surface area contributed by atoms with Crippen molar-refractivity contribution in [3.63, 3.8) is 0 Å². The lowest BCUT2D eigenvalue weighted by Crippen LogP contribution is -2.15. The third-order valence-corrected chi connectivity index (χ3v) is 5.65. The van der Waals surface area contributed by atoms with Crippen molar-refractivity contribution in [1.82, 2.24) is 0 Å². The van der Waals surface area contributed by atoms with Crippen LogP contribution in [0.3, 0.4) is 0 Å². The van der Waals surface area contributed by atoms with E-state index in [2.05, 4.69) is 5.32 Å². The molecule has 0 aliphatic rings. The molecule has 0 radical (unpaired) electrons. The van der Waals surface area contributed by atoms with Gasteiger partial charge in [-0.25, -0.2) is 4.79 Å². The highest BCUT2D eigenvalue weighted by Gasteiger charge is 2.26. The van der Waals surface area contributed by atoms with E-state index in [1.165, 1.54) is 24.5 Å². The SMILES string of the molecule is CCOc1ccc(-c2c(C)sc(NC(=O)/C(C#N)=C/c3ccccc3)c2C(=O)OC)cc1. The Bertz CT molecular complexity index is 1190. The van der Waals surface area contributed by atoms with E-state index in [1.807, 2.05) is 62.4 Å². The second-order valence-corrected chi connectivity index (χ2v) is 7.95. The van der Waals surface area contributed by atoms with Gasteiger partial charge in [-0.3, -0.25) is 4.79 Å². The van der Waals surface area contributed by atoms with Gasteiger partial charge in [0, 0.05) is 10.4 Å². The number of nitriles is 1. The van der Waals surface area contributed by atoms with E-state index in [-0.39, 0.29) is 11.1 Å². The molecule has 7 heteroatoms. The zero-order chi connectivity index (χ0) is 23.1. The maximum absolute atomic E-state index is 12.8. The predicted octanol–water partition coefficient (Wildman–Crippen LogP) is 5.45. The van der Waals surface area contributed by atoms with Gasteiger partial charge in [-0.05, 0) is 43.2 Å². The summed E-state index contributed by atoms with van der Waals surface area (Å²) >= 11 is 1.26. The van der Waals surface area contributed by atoms with E-state index < -0.39 is 11.9 Å². The van der Waals surface area contributed by atoms with Crippen molar-refractivity contribution in [3.8, 4) is 22.9 Å². The molecule has 6 nitrogen and oxygen atoms in total. The quantitative estimate of drug-likeness (QED) is 0.296. The molecule has 162 valence electrons. The van der Waals surface area contributed by atoms with E-state index in [0.717, 1.165) is 21.8 Å². The van der Waals surface area contributed by atoms with Crippen LogP contribution in [0.5, 0.6) is 5.75 Å². The number of ether oxygens (including phenoxy) is 2. The van der Waals surface area contributed by atoms with E-state index in [0.29, 0.717) is 17.2 Å². The lowest BCUT2D eigenvalue weighted by Gasteiger charge is -2.09. The first-order valence-corrected chi connectivity index (χ1v) is 10.7. The molecule has 0 spiro atoms. The van der Waals surface area contributed by atoms with Crippen LogP contribution in [0.1, 0.15) is 27.7 Å². The highest BCUT2D eigenvalue weighted by Crippen LogP contribution is 2.41. The summed E-state index contributed by atoms with van der Waals surface area (Å²) in [5, 5.41) is 12.5. The van der Waals surface area contributed by atoms with E-state index in [4.69, 9.17) is 9.47 Å². The average molecular weight is 447 g/mol. The number of rotatable bonds is 7. The first-order valence-electron chi connectivity index (χ1n) is 9.91. The number of thiophene rings is 1. The number of anilines is 1. The van der Waals surface area contributed by atoms with Crippen LogP contribution in [-0.2, 0) is 9.53 Å². The fourth-order valence-electron chi connectivity index (χ4n) is 3.20. The number of carbonyl (C=O) groups excluding carboxylic acids is 2. The minimum Gasteiger partial charge on any atom is -0.494 e. The maximum Gasteiger partial charge on any atom is 0.341 e. The van der Waals surface area contributed by atoms with Gasteiger partial charge in [0.25, 0.3) is 5.91 Å². The normalized spacial score (nSPS) is 10.9. The Hall–Kier alpha value is -3.89. The Morgan fingerprint density at radius 2 is 1.81 bits per heavy atom. The molecule has 1 aromatic heterocycles. The highest BCUT2D eigenvalue weighted by molar-refractivity contribution is 7.17. The number of esters is 1. The van der Waals surface area contributed by atoms with Crippen molar-refractivity contribution in [1.29, 1.82) is 5.26 Å². The molecule has 32 heavy (non-hydrogen) atoms. The van der Waals surface area contributed by atoms with Crippen molar-refractivity contribution >= 4 is 34.3 Å². The summed E-state index contributed by atoms with van der Waals surface area (Å²) in [6.07, 6.45) is 1.50. The van der Waals surface area contributed by atoms with Crippen molar-refractivity contribution in [3.05, 3.63) is 76.2 Å². The minimum absolute atomic E-state index is 0.0688. The van der Waals surface area contributed by atoms with Crippen LogP contribution in [0, 0.1) is 18.3 Å². The summed E-state index contributed by atoms with van der Waals surface area (Å²) in [4.78, 5) is 26.3. The van der Waals surface area contributed by atoms with Crippen molar-refractivity contribution in [2.75, 3.05) is 19.0 Å². The number of amides is 1. The van der Waals surface area contributed by atoms with E-state index >= 15 is 0 Å². The lowest BCUT2D eigenvalue weighted by atomic mass is 10.0. The largest absolute Gasteiger partial charge is 0.494 e. The van der Waals surface area contributed by atoms with Gasteiger partial charge in [-0.15, -0.1) is 11.3 Å². The number of hydrogen-bond donors (Lipinski definition) is 1. The van der Waals surface area contributed by atoms with Crippen LogP contribution in [0.2, 0.25) is 0 Å². The zero-order valence-corrected chi connectivity index (χ0v) is 18.8. The zero-order valence-electron chi connectivity index (χ0n) is 18.0. The lowest BCUT2D eigenvalue weighted by molar-refractivity contribution is -0.112. The van der Waals surface area contributed by atoms with Gasteiger partial charge in [0.2, 0.25) is 0 Å². The van der Waals surface area contributed by atoms with Crippen molar-refractivity contribution in [2.24, 2.45) is 0 Å². The number of benzene rings is 2. The third kappa shape index (κ3) is 5.05. The molecule has 0 saturated heterocycles. The molecule has 0 fully saturated rings. The third-order valence-electron chi connectivity index (χ3n) is 4.63. The molecule has 3 rings (SSSR count). The van der Waals surface area contributed by atoms with Gasteiger partial charge in [0.05, 0.1) is 13.7 Å². The first-order chi connectivity index (χ1) is 15.5. The number of carbonyl (C=O) groups is 2. The molecule has 0 atom stereocenters. The van der Waals surface area contributed by atoms with Gasteiger partial charge >= 0.3 is 5.97 Å². The molecule has 0 bridgehead atoms. The van der Waals surface area contributed by atoms with Crippen molar-refractivity contribution in [2.45, 2.75) is 13.8 Å². The molecule has 0 unspecified atom stereocenters. The second-order valence-electron chi connectivity index (χ2n) is 6.72. The Morgan fingerprint density at radius 3 is 2.41 bits per heavy atom. The molecule has 3 aromatic rings. The predicted molar refractivity (Wildman–Crippen MR) is 126 cm³/mol. The highest BCUT2D eigenvalue weighted by atomic mass is 32.1. The Kier molecular flexibility index (Phi) is 7.42. The van der Waals surface area contributed by atoms with E-state index in [9.17, 15) is 14.9 Å². The summed E-state index contributed by atoms with van der Waals surface area (Å²) in [5.74, 6) is -0.443. The van der Waals surface area contributed by atoms with Crippen LogP contribution in [0.15, 0.2) is 60.2 Å². The number of hydrogen-bond acceptors (Lipinski definition) is 6. The molecular formula is C25H22N2O4S. The molecule has 2 aromatic carbocycles. The fraction of sp³-hybridized carbons (Fsp3) is 0.160. The van der Waals surface area contributed by atoms with Gasteiger partial charge in [-0.2, -0.15) is 5.26 Å². The molecule has 0 saturated carbocycles. The summed E-state index contributed by atoms with van der Waals surface area (Å²) in [5.41, 5.74) is 2.38. The monoisotopic (exact) mass is 446 g/mol. The second kappa shape index (κ2) is 10.4. The average Bonchev–Trinajstić information content (AvgIpc) is 3.13. The summed E-state index contributed by atoms with van der Waals surface area (Å²) in [6, 6.07) is 18.4. The molecule has 0 aliphatic heterocycles. The Morgan fingerprint density at radius 1 is 1.12 bits per heavy atom. The van der Waals surface area contributed by atoms with Gasteiger partial charge in [0.15, 0.2) is 0 Å². The summed E-state index contributed by atoms with van der Waals surface area (Å²) in [6.45, 7) is 4.32. The summed E-state index contributed by atoms with van der Waals surface area (Å²) in [7, 11) is 1.29. The number of methoxy groups -OCH3 is 1.